The molecule has 0 heterocycles. The van der Waals surface area contributed by atoms with Gasteiger partial charge >= 0.3 is 6.36 Å². The van der Waals surface area contributed by atoms with Crippen LogP contribution in [0, 0.1) is 0 Å². The molecule has 5 nitrogen and oxygen atoms in total. The summed E-state index contributed by atoms with van der Waals surface area (Å²) in [7, 11) is 0. The van der Waals surface area contributed by atoms with Gasteiger partial charge in [0.1, 0.15) is 17.1 Å². The summed E-state index contributed by atoms with van der Waals surface area (Å²) < 4.78 is 40.5. The Bertz CT molecular complexity index is 800. The van der Waals surface area contributed by atoms with Crippen LogP contribution in [0.25, 0.3) is 0 Å². The van der Waals surface area contributed by atoms with Crippen molar-refractivity contribution in [2.45, 2.75) is 39.2 Å². The van der Waals surface area contributed by atoms with Gasteiger partial charge < -0.3 is 15.4 Å². The predicted octanol–water partition coefficient (Wildman–Crippen LogP) is 3.00. The van der Waals surface area contributed by atoms with E-state index in [1.807, 2.05) is 20.8 Å². The van der Waals surface area contributed by atoms with Gasteiger partial charge in [0.15, 0.2) is 0 Å². The Balaban J connectivity index is 2.10. The van der Waals surface area contributed by atoms with Crippen LogP contribution in [0.15, 0.2) is 33.9 Å². The molecule has 0 spiro atoms. The Morgan fingerprint density at radius 2 is 1.67 bits per heavy atom. The van der Waals surface area contributed by atoms with Gasteiger partial charge in [-0.2, -0.15) is 0 Å². The smallest absolute Gasteiger partial charge is 0.406 e. The molecule has 24 heavy (non-hydrogen) atoms. The van der Waals surface area contributed by atoms with Gasteiger partial charge in [-0.05, 0) is 38.5 Å². The van der Waals surface area contributed by atoms with Crippen molar-refractivity contribution in [2.75, 3.05) is 10.6 Å². The third-order valence-electron chi connectivity index (χ3n) is 3.01. The fourth-order valence-electron chi connectivity index (χ4n) is 2.10. The van der Waals surface area contributed by atoms with E-state index >= 15 is 0 Å². The number of nitrogens with one attached hydrogen (secondary N) is 2. The summed E-state index contributed by atoms with van der Waals surface area (Å²) in [6.07, 6.45) is -4.77. The topological polar surface area (TPSA) is 67.4 Å². The zero-order chi connectivity index (χ0) is 18.1. The van der Waals surface area contributed by atoms with E-state index < -0.39 is 22.8 Å². The second-order valence-electron chi connectivity index (χ2n) is 6.33. The van der Waals surface area contributed by atoms with Crippen molar-refractivity contribution >= 4 is 11.4 Å². The van der Waals surface area contributed by atoms with E-state index in [2.05, 4.69) is 15.4 Å². The number of hydrogen-bond donors (Lipinski definition) is 2. The molecule has 0 radical (unpaired) electrons. The van der Waals surface area contributed by atoms with Gasteiger partial charge in [-0.3, -0.25) is 9.59 Å². The maximum atomic E-state index is 12.2. The first-order valence-electron chi connectivity index (χ1n) is 7.16. The Hall–Kier alpha value is -2.51. The quantitative estimate of drug-likeness (QED) is 0.818. The van der Waals surface area contributed by atoms with E-state index in [-0.39, 0.29) is 23.7 Å². The lowest BCUT2D eigenvalue weighted by atomic mass is 10.1. The van der Waals surface area contributed by atoms with Gasteiger partial charge in [0.05, 0.1) is 0 Å². The van der Waals surface area contributed by atoms with Crippen LogP contribution in [-0.2, 0) is 6.54 Å². The summed E-state index contributed by atoms with van der Waals surface area (Å²) in [4.78, 5) is 23.3. The summed E-state index contributed by atoms with van der Waals surface area (Å²) in [6.45, 7) is 5.60. The zero-order valence-corrected chi connectivity index (χ0v) is 13.4. The average Bonchev–Trinajstić information content (AvgIpc) is 2.43. The van der Waals surface area contributed by atoms with Crippen LogP contribution in [0.4, 0.5) is 24.5 Å². The fourth-order valence-corrected chi connectivity index (χ4v) is 2.10. The van der Waals surface area contributed by atoms with Gasteiger partial charge in [0.25, 0.3) is 10.9 Å². The van der Waals surface area contributed by atoms with Crippen molar-refractivity contribution < 1.29 is 17.9 Å². The molecule has 2 rings (SSSR count). The van der Waals surface area contributed by atoms with Crippen molar-refractivity contribution in [1.82, 2.24) is 0 Å². The molecule has 130 valence electrons. The molecule has 0 aliphatic rings. The van der Waals surface area contributed by atoms with Gasteiger partial charge in [0, 0.05) is 12.1 Å². The van der Waals surface area contributed by atoms with E-state index in [4.69, 9.17) is 0 Å². The molecule has 0 aliphatic heterocycles. The molecule has 0 aliphatic carbocycles. The summed E-state index contributed by atoms with van der Waals surface area (Å²) in [6, 6.07) is 5.39. The van der Waals surface area contributed by atoms with Crippen LogP contribution in [0.5, 0.6) is 5.75 Å². The molecule has 0 aromatic heterocycles. The Morgan fingerprint density at radius 1 is 1.04 bits per heavy atom. The molecule has 0 saturated carbocycles. The number of ether oxygens (including phenoxy) is 1. The van der Waals surface area contributed by atoms with Crippen LogP contribution in [0.3, 0.4) is 0 Å². The molecule has 2 N–H and O–H groups in total. The maximum Gasteiger partial charge on any atom is 0.573 e. The molecule has 8 heteroatoms. The number of rotatable bonds is 5. The van der Waals surface area contributed by atoms with Crippen molar-refractivity contribution in [2.24, 2.45) is 0 Å². The average molecular weight is 342 g/mol. The number of halogens is 3. The van der Waals surface area contributed by atoms with Crippen LogP contribution in [-0.4, -0.2) is 11.9 Å². The van der Waals surface area contributed by atoms with Gasteiger partial charge in [-0.25, -0.2) is 0 Å². The molecule has 2 aromatic carbocycles. The first-order chi connectivity index (χ1) is 11.0. The fraction of sp³-hybridized carbons (Fsp3) is 0.375. The first-order valence-corrected chi connectivity index (χ1v) is 7.16. The van der Waals surface area contributed by atoms with E-state index in [0.29, 0.717) is 5.56 Å². The number of alkyl halides is 3. The first kappa shape index (κ1) is 17.8. The highest BCUT2D eigenvalue weighted by molar-refractivity contribution is 5.74. The largest absolute Gasteiger partial charge is 0.573 e. The second kappa shape index (κ2) is 6.18. The normalized spacial score (nSPS) is 12.2. The summed E-state index contributed by atoms with van der Waals surface area (Å²) in [5, 5.41) is 5.73. The van der Waals surface area contributed by atoms with Crippen molar-refractivity contribution in [1.29, 1.82) is 0 Å². The molecule has 0 saturated heterocycles. The zero-order valence-electron chi connectivity index (χ0n) is 13.4. The van der Waals surface area contributed by atoms with Gasteiger partial charge in [-0.1, -0.05) is 12.1 Å². The molecule has 0 fully saturated rings. The van der Waals surface area contributed by atoms with Crippen molar-refractivity contribution in [3.63, 3.8) is 0 Å². The van der Waals surface area contributed by atoms with E-state index in [9.17, 15) is 22.8 Å². The number of anilines is 2. The molecular weight excluding hydrogens is 325 g/mol. The van der Waals surface area contributed by atoms with Crippen LogP contribution >= 0.6 is 0 Å². The highest BCUT2D eigenvalue weighted by Crippen LogP contribution is 2.24. The molecule has 0 bridgehead atoms. The SMILES string of the molecule is CC(C)(C)Nc1c(NCc2cccc(OC(F)(F)F)c2)c(=O)c1=O. The lowest BCUT2D eigenvalue weighted by Crippen LogP contribution is -2.41. The minimum absolute atomic E-state index is 0.0821. The number of hydrogen-bond acceptors (Lipinski definition) is 5. The summed E-state index contributed by atoms with van der Waals surface area (Å²) >= 11 is 0. The lowest BCUT2D eigenvalue weighted by Gasteiger charge is -2.24. The van der Waals surface area contributed by atoms with Crippen molar-refractivity contribution in [3.05, 3.63) is 50.3 Å². The van der Waals surface area contributed by atoms with Gasteiger partial charge in [-0.15, -0.1) is 13.2 Å². The van der Waals surface area contributed by atoms with Crippen molar-refractivity contribution in [3.8, 4) is 5.75 Å². The third kappa shape index (κ3) is 4.50. The van der Waals surface area contributed by atoms with Crippen LogP contribution in [0.1, 0.15) is 26.3 Å². The van der Waals surface area contributed by atoms with E-state index in [1.165, 1.54) is 18.2 Å². The van der Waals surface area contributed by atoms with E-state index in [1.54, 1.807) is 6.07 Å². The Labute approximate surface area is 136 Å². The second-order valence-corrected chi connectivity index (χ2v) is 6.33. The summed E-state index contributed by atoms with van der Waals surface area (Å²) in [5.41, 5.74) is -0.858. The predicted molar refractivity (Wildman–Crippen MR) is 85.2 cm³/mol. The van der Waals surface area contributed by atoms with Crippen LogP contribution < -0.4 is 26.2 Å². The van der Waals surface area contributed by atoms with E-state index in [0.717, 1.165) is 0 Å². The van der Waals surface area contributed by atoms with Crippen LogP contribution in [0.2, 0.25) is 0 Å². The highest BCUT2D eigenvalue weighted by atomic mass is 19.4. The minimum Gasteiger partial charge on any atom is -0.406 e. The molecule has 2 aromatic rings. The molecular formula is C16H17F3N2O3. The minimum atomic E-state index is -4.77. The third-order valence-corrected chi connectivity index (χ3v) is 3.01. The molecule has 0 unspecified atom stereocenters. The number of benzene rings is 1. The Kier molecular flexibility index (Phi) is 4.59. The lowest BCUT2D eigenvalue weighted by molar-refractivity contribution is -0.274. The molecule has 0 atom stereocenters. The standard InChI is InChI=1S/C16H17F3N2O3/c1-15(2,3)21-12-11(13(22)14(12)23)20-8-9-5-4-6-10(7-9)24-16(17,18)19/h4-7,20-21H,8H2,1-3H3. The molecule has 0 amide bonds. The monoisotopic (exact) mass is 342 g/mol. The highest BCUT2D eigenvalue weighted by Gasteiger charge is 2.31. The van der Waals surface area contributed by atoms with Gasteiger partial charge in [0.2, 0.25) is 0 Å². The maximum absolute atomic E-state index is 12.2. The summed E-state index contributed by atoms with van der Waals surface area (Å²) in [5.74, 6) is -0.347. The Morgan fingerprint density at radius 3 is 2.25 bits per heavy atom.